The summed E-state index contributed by atoms with van der Waals surface area (Å²) in [4.78, 5) is 1.31. The zero-order valence-electron chi connectivity index (χ0n) is 12.6. The van der Waals surface area contributed by atoms with Gasteiger partial charge in [0, 0.05) is 11.4 Å². The summed E-state index contributed by atoms with van der Waals surface area (Å²) < 4.78 is 32.4. The summed E-state index contributed by atoms with van der Waals surface area (Å²) >= 11 is 1.58. The van der Waals surface area contributed by atoms with Crippen molar-refractivity contribution in [2.45, 2.75) is 23.3 Å². The van der Waals surface area contributed by atoms with Gasteiger partial charge < -0.3 is 4.74 Å². The molecule has 0 aliphatic carbocycles. The van der Waals surface area contributed by atoms with E-state index in [-0.39, 0.29) is 11.4 Å². The lowest BCUT2D eigenvalue weighted by molar-refractivity contribution is 0.340. The van der Waals surface area contributed by atoms with Crippen molar-refractivity contribution in [3.63, 3.8) is 0 Å². The molecule has 1 N–H and O–H groups in total. The van der Waals surface area contributed by atoms with Gasteiger partial charge in [0.25, 0.3) is 0 Å². The zero-order chi connectivity index (χ0) is 16.0. The molecule has 0 aliphatic rings. The lowest BCUT2D eigenvalue weighted by atomic mass is 10.2. The van der Waals surface area contributed by atoms with E-state index in [0.29, 0.717) is 6.61 Å². The largest absolute Gasteiger partial charge is 0.494 e. The third-order valence-electron chi connectivity index (χ3n) is 3.07. The van der Waals surface area contributed by atoms with Crippen molar-refractivity contribution in [3.05, 3.63) is 54.1 Å². The van der Waals surface area contributed by atoms with E-state index in [9.17, 15) is 8.42 Å². The van der Waals surface area contributed by atoms with Crippen molar-refractivity contribution >= 4 is 21.8 Å². The molecule has 0 fully saturated rings. The van der Waals surface area contributed by atoms with E-state index < -0.39 is 10.0 Å². The highest BCUT2D eigenvalue weighted by molar-refractivity contribution is 7.98. The molecular formula is C16H19NO3S2. The van der Waals surface area contributed by atoms with Crippen LogP contribution < -0.4 is 9.46 Å². The van der Waals surface area contributed by atoms with E-state index in [2.05, 4.69) is 4.72 Å². The lowest BCUT2D eigenvalue weighted by Gasteiger charge is -2.08. The van der Waals surface area contributed by atoms with Gasteiger partial charge in [0.05, 0.1) is 11.5 Å². The molecule has 0 aromatic heterocycles. The van der Waals surface area contributed by atoms with E-state index >= 15 is 0 Å². The number of nitrogens with one attached hydrogen (secondary N) is 1. The Balaban J connectivity index is 2.02. The van der Waals surface area contributed by atoms with Crippen LogP contribution in [0.1, 0.15) is 12.5 Å². The van der Waals surface area contributed by atoms with Gasteiger partial charge in [-0.05, 0) is 55.1 Å². The second-order valence-electron chi connectivity index (χ2n) is 4.58. The molecule has 2 rings (SSSR count). The first-order valence-electron chi connectivity index (χ1n) is 6.90. The van der Waals surface area contributed by atoms with Gasteiger partial charge in [0.2, 0.25) is 10.0 Å². The van der Waals surface area contributed by atoms with Gasteiger partial charge in [0.1, 0.15) is 5.75 Å². The zero-order valence-corrected chi connectivity index (χ0v) is 14.2. The van der Waals surface area contributed by atoms with Gasteiger partial charge in [-0.25, -0.2) is 13.1 Å². The molecule has 4 nitrogen and oxygen atoms in total. The summed E-state index contributed by atoms with van der Waals surface area (Å²) in [5.41, 5.74) is 0.882. The Hall–Kier alpha value is -1.50. The van der Waals surface area contributed by atoms with E-state index in [4.69, 9.17) is 4.74 Å². The maximum Gasteiger partial charge on any atom is 0.240 e. The Kier molecular flexibility index (Phi) is 5.88. The number of ether oxygens (including phenoxy) is 1. The van der Waals surface area contributed by atoms with Crippen LogP contribution >= 0.6 is 11.8 Å². The third kappa shape index (κ3) is 4.50. The summed E-state index contributed by atoms with van der Waals surface area (Å²) in [6, 6.07) is 14.2. The molecule has 0 spiro atoms. The second kappa shape index (κ2) is 7.67. The van der Waals surface area contributed by atoms with Crippen LogP contribution in [0, 0.1) is 0 Å². The fraction of sp³-hybridized carbons (Fsp3) is 0.250. The van der Waals surface area contributed by atoms with Gasteiger partial charge in [-0.1, -0.05) is 12.1 Å². The Morgan fingerprint density at radius 3 is 2.23 bits per heavy atom. The summed E-state index contributed by atoms with van der Waals surface area (Å²) in [5.74, 6) is 0.779. The molecule has 0 saturated carbocycles. The average molecular weight is 337 g/mol. The first-order valence-corrected chi connectivity index (χ1v) is 9.61. The summed E-state index contributed by atoms with van der Waals surface area (Å²) in [5, 5.41) is 0. The highest BCUT2D eigenvalue weighted by Gasteiger charge is 2.13. The quantitative estimate of drug-likeness (QED) is 0.788. The second-order valence-corrected chi connectivity index (χ2v) is 7.22. The number of sulfonamides is 1. The van der Waals surface area contributed by atoms with Gasteiger partial charge in [-0.3, -0.25) is 0 Å². The van der Waals surface area contributed by atoms with E-state index in [1.54, 1.807) is 36.0 Å². The van der Waals surface area contributed by atoms with Gasteiger partial charge >= 0.3 is 0 Å². The molecule has 0 heterocycles. The molecule has 0 bridgehead atoms. The van der Waals surface area contributed by atoms with Crippen LogP contribution in [-0.4, -0.2) is 21.3 Å². The minimum absolute atomic E-state index is 0.249. The number of hydrogen-bond acceptors (Lipinski definition) is 4. The van der Waals surface area contributed by atoms with Crippen LogP contribution in [0.25, 0.3) is 0 Å². The number of hydrogen-bond donors (Lipinski definition) is 1. The highest BCUT2D eigenvalue weighted by Crippen LogP contribution is 2.18. The van der Waals surface area contributed by atoms with Crippen LogP contribution in [0.5, 0.6) is 5.75 Å². The lowest BCUT2D eigenvalue weighted by Crippen LogP contribution is -2.23. The van der Waals surface area contributed by atoms with Crippen molar-refractivity contribution in [1.82, 2.24) is 4.72 Å². The van der Waals surface area contributed by atoms with Crippen LogP contribution in [0.3, 0.4) is 0 Å². The van der Waals surface area contributed by atoms with E-state index in [0.717, 1.165) is 16.2 Å². The minimum atomic E-state index is -3.49. The molecule has 2 aromatic rings. The fourth-order valence-corrected chi connectivity index (χ4v) is 3.31. The average Bonchev–Trinajstić information content (AvgIpc) is 2.55. The first kappa shape index (κ1) is 16.9. The van der Waals surface area contributed by atoms with Crippen molar-refractivity contribution in [2.24, 2.45) is 0 Å². The Morgan fingerprint density at radius 1 is 1.05 bits per heavy atom. The van der Waals surface area contributed by atoms with Crippen molar-refractivity contribution in [2.75, 3.05) is 12.9 Å². The molecule has 6 heteroatoms. The Bertz CT molecular complexity index is 695. The van der Waals surface area contributed by atoms with Crippen molar-refractivity contribution in [1.29, 1.82) is 0 Å². The summed E-state index contributed by atoms with van der Waals surface area (Å²) in [6.45, 7) is 2.78. The molecular weight excluding hydrogens is 318 g/mol. The third-order valence-corrected chi connectivity index (χ3v) is 5.23. The first-order chi connectivity index (χ1) is 10.5. The standard InChI is InChI=1S/C16H19NO3S2/c1-3-20-14-6-4-13(5-7-14)12-17-22(18,19)16-10-8-15(21-2)9-11-16/h4-11,17H,3,12H2,1-2H3. The van der Waals surface area contributed by atoms with Crippen molar-refractivity contribution < 1.29 is 13.2 Å². The molecule has 2 aromatic carbocycles. The highest BCUT2D eigenvalue weighted by atomic mass is 32.2. The minimum Gasteiger partial charge on any atom is -0.494 e. The van der Waals surface area contributed by atoms with Crippen LogP contribution in [-0.2, 0) is 16.6 Å². The van der Waals surface area contributed by atoms with Crippen LogP contribution in [0.2, 0.25) is 0 Å². The topological polar surface area (TPSA) is 55.4 Å². The Morgan fingerprint density at radius 2 is 1.68 bits per heavy atom. The molecule has 0 amide bonds. The monoisotopic (exact) mass is 337 g/mol. The Labute approximate surface area is 135 Å². The maximum absolute atomic E-state index is 12.2. The van der Waals surface area contributed by atoms with Gasteiger partial charge in [-0.2, -0.15) is 0 Å². The van der Waals surface area contributed by atoms with Crippen LogP contribution in [0.15, 0.2) is 58.3 Å². The smallest absolute Gasteiger partial charge is 0.240 e. The summed E-state index contributed by atoms with van der Waals surface area (Å²) in [7, 11) is -3.49. The molecule has 0 aliphatic heterocycles. The maximum atomic E-state index is 12.2. The normalized spacial score (nSPS) is 11.4. The van der Waals surface area contributed by atoms with Gasteiger partial charge in [0.15, 0.2) is 0 Å². The number of thioether (sulfide) groups is 1. The molecule has 0 saturated heterocycles. The SMILES string of the molecule is CCOc1ccc(CNS(=O)(=O)c2ccc(SC)cc2)cc1. The number of rotatable bonds is 7. The predicted molar refractivity (Wildman–Crippen MR) is 89.9 cm³/mol. The molecule has 118 valence electrons. The molecule has 0 atom stereocenters. The van der Waals surface area contributed by atoms with Crippen LogP contribution in [0.4, 0.5) is 0 Å². The molecule has 0 radical (unpaired) electrons. The molecule has 0 unspecified atom stereocenters. The molecule has 22 heavy (non-hydrogen) atoms. The summed E-state index contributed by atoms with van der Waals surface area (Å²) in [6.07, 6.45) is 1.95. The number of benzene rings is 2. The van der Waals surface area contributed by atoms with Crippen molar-refractivity contribution in [3.8, 4) is 5.75 Å². The van der Waals surface area contributed by atoms with Gasteiger partial charge in [-0.15, -0.1) is 11.8 Å². The van der Waals surface area contributed by atoms with E-state index in [1.165, 1.54) is 0 Å². The van der Waals surface area contributed by atoms with E-state index in [1.807, 2.05) is 37.4 Å². The predicted octanol–water partition coefficient (Wildman–Crippen LogP) is 3.29. The fourth-order valence-electron chi connectivity index (χ4n) is 1.89.